The molecule has 0 aliphatic rings. The van der Waals surface area contributed by atoms with Crippen molar-refractivity contribution in [3.8, 4) is 11.1 Å². The molecule has 202 valence electrons. The van der Waals surface area contributed by atoms with E-state index in [1.165, 1.54) is 24.3 Å². The van der Waals surface area contributed by atoms with Crippen molar-refractivity contribution in [2.75, 3.05) is 0 Å². The molecule has 0 fully saturated rings. The highest BCUT2D eigenvalue weighted by atomic mass is 19.4. The molecule has 0 saturated heterocycles. The van der Waals surface area contributed by atoms with Gasteiger partial charge >= 0.3 is 12.1 Å². The average Bonchev–Trinajstić information content (AvgIpc) is 3.39. The molecule has 40 heavy (non-hydrogen) atoms. The Morgan fingerprint density at radius 1 is 0.875 bits per heavy atom. The van der Waals surface area contributed by atoms with Crippen LogP contribution in [0.3, 0.4) is 0 Å². The van der Waals surface area contributed by atoms with Gasteiger partial charge in [-0.1, -0.05) is 54.6 Å². The highest BCUT2D eigenvalue weighted by molar-refractivity contribution is 6.08. The van der Waals surface area contributed by atoms with E-state index in [-0.39, 0.29) is 24.1 Å². The molecule has 1 atom stereocenters. The first-order chi connectivity index (χ1) is 19.1. The van der Waals surface area contributed by atoms with Crippen LogP contribution in [0.25, 0.3) is 22.0 Å². The number of carboxylic acids is 1. The molecule has 8 heteroatoms. The summed E-state index contributed by atoms with van der Waals surface area (Å²) in [5, 5.41) is 12.9. The number of rotatable bonds is 7. The number of benzene rings is 4. The Morgan fingerprint density at radius 3 is 2.17 bits per heavy atom. The molecule has 0 spiro atoms. The molecule has 0 aliphatic carbocycles. The third-order valence-electron chi connectivity index (χ3n) is 6.96. The number of carbonyl (C=O) groups excluding carboxylic acids is 1. The van der Waals surface area contributed by atoms with Crippen LogP contribution in [0, 0.1) is 0 Å². The van der Waals surface area contributed by atoms with Crippen LogP contribution in [0.5, 0.6) is 0 Å². The number of nitrogens with one attached hydrogen (secondary N) is 1. The largest absolute Gasteiger partial charge is 0.478 e. The molecule has 0 saturated carbocycles. The number of alkyl halides is 3. The van der Waals surface area contributed by atoms with Crippen LogP contribution in [0.1, 0.15) is 50.4 Å². The summed E-state index contributed by atoms with van der Waals surface area (Å²) in [7, 11) is 0. The number of halogens is 3. The maximum absolute atomic E-state index is 13.6. The number of carbonyl (C=O) groups is 2. The van der Waals surface area contributed by atoms with Gasteiger partial charge in [-0.05, 0) is 71.6 Å². The van der Waals surface area contributed by atoms with E-state index in [0.717, 1.165) is 34.2 Å². The van der Waals surface area contributed by atoms with E-state index in [1.807, 2.05) is 66.2 Å². The zero-order chi connectivity index (χ0) is 28.4. The lowest BCUT2D eigenvalue weighted by Gasteiger charge is -2.19. The lowest BCUT2D eigenvalue weighted by Crippen LogP contribution is -2.24. The molecule has 0 aliphatic heterocycles. The molecular weight excluding hydrogens is 517 g/mol. The van der Waals surface area contributed by atoms with Crippen LogP contribution in [0.4, 0.5) is 13.2 Å². The second-order valence-electron chi connectivity index (χ2n) is 9.53. The molecule has 2 N–H and O–H groups in total. The standard InChI is InChI=1S/C32H25F3N2O3/c1-20(22-11-13-27(14-12-22)32(33,34)35)37-16-15-25-17-26(23-5-3-2-4-6-23)18-28(29(25)37)30(38)36-19-21-7-9-24(10-8-21)31(39)40/h2-18,20H,19H2,1H3,(H,36,38)(H,39,40). The highest BCUT2D eigenvalue weighted by Crippen LogP contribution is 2.34. The Morgan fingerprint density at radius 2 is 1.55 bits per heavy atom. The van der Waals surface area contributed by atoms with E-state index < -0.39 is 17.7 Å². The molecule has 1 amide bonds. The molecule has 1 unspecified atom stereocenters. The summed E-state index contributed by atoms with van der Waals surface area (Å²) < 4.78 is 41.2. The number of fused-ring (bicyclic) bond motifs is 1. The Kier molecular flexibility index (Phi) is 7.17. The van der Waals surface area contributed by atoms with Crippen LogP contribution in [-0.2, 0) is 12.7 Å². The van der Waals surface area contributed by atoms with Gasteiger partial charge in [-0.3, -0.25) is 4.79 Å². The van der Waals surface area contributed by atoms with E-state index in [9.17, 15) is 22.8 Å². The second-order valence-corrected chi connectivity index (χ2v) is 9.53. The van der Waals surface area contributed by atoms with Crippen molar-refractivity contribution in [2.45, 2.75) is 25.7 Å². The molecule has 5 rings (SSSR count). The van der Waals surface area contributed by atoms with Crippen LogP contribution >= 0.6 is 0 Å². The van der Waals surface area contributed by atoms with Gasteiger partial charge in [0.25, 0.3) is 5.91 Å². The average molecular weight is 543 g/mol. The predicted octanol–water partition coefficient (Wildman–Crippen LogP) is 7.56. The lowest BCUT2D eigenvalue weighted by molar-refractivity contribution is -0.137. The molecular formula is C32H25F3N2O3. The van der Waals surface area contributed by atoms with Gasteiger partial charge < -0.3 is 15.0 Å². The summed E-state index contributed by atoms with van der Waals surface area (Å²) in [6, 6.07) is 26.3. The maximum atomic E-state index is 13.6. The van der Waals surface area contributed by atoms with Crippen molar-refractivity contribution in [3.63, 3.8) is 0 Å². The second kappa shape index (κ2) is 10.7. The summed E-state index contributed by atoms with van der Waals surface area (Å²) >= 11 is 0. The van der Waals surface area contributed by atoms with Gasteiger partial charge in [0.2, 0.25) is 0 Å². The maximum Gasteiger partial charge on any atom is 0.416 e. The molecule has 1 heterocycles. The van der Waals surface area contributed by atoms with Gasteiger partial charge in [-0.25, -0.2) is 4.79 Å². The first kappa shape index (κ1) is 26.7. The summed E-state index contributed by atoms with van der Waals surface area (Å²) in [5.74, 6) is -1.36. The SMILES string of the molecule is CC(c1ccc(C(F)(F)F)cc1)n1ccc2cc(-c3ccccc3)cc(C(=O)NCc3ccc(C(=O)O)cc3)c21. The third-order valence-corrected chi connectivity index (χ3v) is 6.96. The van der Waals surface area contributed by atoms with Crippen LogP contribution < -0.4 is 5.32 Å². The highest BCUT2D eigenvalue weighted by Gasteiger charge is 2.30. The summed E-state index contributed by atoms with van der Waals surface area (Å²) in [5.41, 5.74) is 3.71. The van der Waals surface area contributed by atoms with E-state index in [4.69, 9.17) is 5.11 Å². The molecule has 0 bridgehead atoms. The van der Waals surface area contributed by atoms with Gasteiger partial charge in [0.15, 0.2) is 0 Å². The van der Waals surface area contributed by atoms with E-state index in [0.29, 0.717) is 16.6 Å². The zero-order valence-corrected chi connectivity index (χ0v) is 21.4. The Balaban J connectivity index is 1.53. The number of aromatic nitrogens is 1. The number of hydrogen-bond acceptors (Lipinski definition) is 2. The summed E-state index contributed by atoms with van der Waals surface area (Å²) in [4.78, 5) is 24.8. The van der Waals surface area contributed by atoms with E-state index in [2.05, 4.69) is 5.32 Å². The van der Waals surface area contributed by atoms with Gasteiger partial charge in [-0.15, -0.1) is 0 Å². The minimum atomic E-state index is -4.42. The van der Waals surface area contributed by atoms with Gasteiger partial charge in [0, 0.05) is 18.1 Å². The summed E-state index contributed by atoms with van der Waals surface area (Å²) in [6.45, 7) is 2.06. The molecule has 0 radical (unpaired) electrons. The van der Waals surface area contributed by atoms with Gasteiger partial charge in [-0.2, -0.15) is 13.2 Å². The van der Waals surface area contributed by atoms with Crippen molar-refractivity contribution < 1.29 is 27.9 Å². The number of amides is 1. The first-order valence-corrected chi connectivity index (χ1v) is 12.6. The van der Waals surface area contributed by atoms with Crippen molar-refractivity contribution in [2.24, 2.45) is 0 Å². The zero-order valence-electron chi connectivity index (χ0n) is 21.4. The van der Waals surface area contributed by atoms with Crippen molar-refractivity contribution in [1.29, 1.82) is 0 Å². The topological polar surface area (TPSA) is 71.3 Å². The Bertz CT molecular complexity index is 1670. The minimum Gasteiger partial charge on any atom is -0.478 e. The third kappa shape index (κ3) is 5.47. The first-order valence-electron chi connectivity index (χ1n) is 12.6. The fourth-order valence-corrected chi connectivity index (χ4v) is 4.75. The molecule has 5 aromatic rings. The monoisotopic (exact) mass is 542 g/mol. The smallest absolute Gasteiger partial charge is 0.416 e. The Labute approximate surface area is 228 Å². The number of hydrogen-bond donors (Lipinski definition) is 2. The van der Waals surface area contributed by atoms with E-state index >= 15 is 0 Å². The van der Waals surface area contributed by atoms with Crippen LogP contribution in [0.15, 0.2) is 103 Å². The van der Waals surface area contributed by atoms with Crippen molar-refractivity contribution in [3.05, 3.63) is 131 Å². The predicted molar refractivity (Wildman–Crippen MR) is 147 cm³/mol. The van der Waals surface area contributed by atoms with Crippen molar-refractivity contribution >= 4 is 22.8 Å². The van der Waals surface area contributed by atoms with Crippen molar-refractivity contribution in [1.82, 2.24) is 9.88 Å². The van der Waals surface area contributed by atoms with E-state index in [1.54, 1.807) is 12.1 Å². The van der Waals surface area contributed by atoms with Crippen LogP contribution in [-0.4, -0.2) is 21.6 Å². The minimum absolute atomic E-state index is 0.155. The quantitative estimate of drug-likeness (QED) is 0.223. The fraction of sp³-hybridized carbons (Fsp3) is 0.125. The molecule has 5 nitrogen and oxygen atoms in total. The number of carboxylic acid groups (broad SMARTS) is 1. The van der Waals surface area contributed by atoms with Gasteiger partial charge in [0.05, 0.1) is 28.2 Å². The lowest BCUT2D eigenvalue weighted by atomic mass is 9.99. The number of nitrogens with zero attached hydrogens (tertiary/aromatic N) is 1. The number of aromatic carboxylic acids is 1. The Hall–Kier alpha value is -4.85. The molecule has 4 aromatic carbocycles. The normalized spacial score (nSPS) is 12.3. The summed E-state index contributed by atoms with van der Waals surface area (Å²) in [6.07, 6.45) is -2.59. The molecule has 1 aromatic heterocycles. The van der Waals surface area contributed by atoms with Gasteiger partial charge in [0.1, 0.15) is 0 Å². The fourth-order valence-electron chi connectivity index (χ4n) is 4.75. The van der Waals surface area contributed by atoms with Crippen LogP contribution in [0.2, 0.25) is 0 Å².